The topological polar surface area (TPSA) is 101 Å². The van der Waals surface area contributed by atoms with Crippen molar-refractivity contribution in [1.29, 1.82) is 0 Å². The number of nitrogens with zero attached hydrogens (tertiary/aromatic N) is 3. The third kappa shape index (κ3) is 3.49. The first kappa shape index (κ1) is 16.7. The monoisotopic (exact) mass is 347 g/mol. The van der Waals surface area contributed by atoms with Crippen LogP contribution in [0.2, 0.25) is 0 Å². The van der Waals surface area contributed by atoms with Crippen molar-refractivity contribution in [2.75, 3.05) is 24.1 Å². The molecule has 24 heavy (non-hydrogen) atoms. The molecular weight excluding hydrogens is 326 g/mol. The van der Waals surface area contributed by atoms with Crippen molar-refractivity contribution in [2.45, 2.75) is 31.1 Å². The summed E-state index contributed by atoms with van der Waals surface area (Å²) in [5, 5.41) is 3.00. The summed E-state index contributed by atoms with van der Waals surface area (Å²) >= 11 is 0. The molecule has 128 valence electrons. The number of piperidine rings is 1. The first-order valence-electron chi connectivity index (χ1n) is 7.93. The van der Waals surface area contributed by atoms with Crippen molar-refractivity contribution in [3.05, 3.63) is 36.0 Å². The molecule has 0 radical (unpaired) electrons. The molecule has 0 aliphatic carbocycles. The van der Waals surface area contributed by atoms with Crippen molar-refractivity contribution < 1.29 is 8.42 Å². The van der Waals surface area contributed by atoms with Gasteiger partial charge in [-0.05, 0) is 38.0 Å². The number of aryl methyl sites for hydroxylation is 1. The van der Waals surface area contributed by atoms with Gasteiger partial charge in [0, 0.05) is 30.5 Å². The van der Waals surface area contributed by atoms with Crippen molar-refractivity contribution in [3.8, 4) is 0 Å². The van der Waals surface area contributed by atoms with Crippen LogP contribution in [0.3, 0.4) is 0 Å². The van der Waals surface area contributed by atoms with Crippen molar-refractivity contribution in [1.82, 2.24) is 14.3 Å². The van der Waals surface area contributed by atoms with Crippen molar-refractivity contribution in [2.24, 2.45) is 0 Å². The smallest absolute Gasteiger partial charge is 0.243 e. The van der Waals surface area contributed by atoms with Crippen LogP contribution in [0.25, 0.3) is 0 Å². The Morgan fingerprint density at radius 2 is 1.96 bits per heavy atom. The fourth-order valence-corrected chi connectivity index (χ4v) is 4.20. The summed E-state index contributed by atoms with van der Waals surface area (Å²) in [6.45, 7) is 2.99. The highest BCUT2D eigenvalue weighted by Gasteiger charge is 2.26. The number of sulfonamides is 1. The van der Waals surface area contributed by atoms with Crippen LogP contribution in [0.15, 0.2) is 35.4 Å². The highest BCUT2D eigenvalue weighted by atomic mass is 32.2. The number of nitrogen functional groups attached to an aromatic ring is 1. The van der Waals surface area contributed by atoms with Crippen molar-refractivity contribution >= 4 is 27.5 Å². The van der Waals surface area contributed by atoms with Crippen LogP contribution < -0.4 is 11.1 Å². The van der Waals surface area contributed by atoms with Crippen LogP contribution in [0.1, 0.15) is 24.8 Å². The Hall–Kier alpha value is -2.19. The van der Waals surface area contributed by atoms with E-state index in [1.54, 1.807) is 34.8 Å². The van der Waals surface area contributed by atoms with Crippen LogP contribution >= 0.6 is 0 Å². The fraction of sp³-hybridized carbons (Fsp3) is 0.375. The highest BCUT2D eigenvalue weighted by molar-refractivity contribution is 7.89. The number of anilines is 3. The minimum Gasteiger partial charge on any atom is -0.383 e. The average Bonchev–Trinajstić information content (AvgIpc) is 2.59. The van der Waals surface area contributed by atoms with Gasteiger partial charge in [0.2, 0.25) is 16.0 Å². The second kappa shape index (κ2) is 6.74. The number of nitrogens with one attached hydrogen (secondary N) is 1. The molecule has 1 aromatic heterocycles. The normalized spacial score (nSPS) is 16.0. The molecule has 0 atom stereocenters. The third-order valence-corrected chi connectivity index (χ3v) is 5.95. The number of nitrogens with two attached hydrogens (primary N) is 1. The van der Waals surface area contributed by atoms with Gasteiger partial charge >= 0.3 is 0 Å². The molecule has 2 aromatic rings. The van der Waals surface area contributed by atoms with E-state index in [0.717, 1.165) is 24.8 Å². The number of rotatable bonds is 4. The van der Waals surface area contributed by atoms with E-state index in [-0.39, 0.29) is 4.90 Å². The maximum Gasteiger partial charge on any atom is 0.243 e. The molecule has 0 amide bonds. The maximum atomic E-state index is 12.7. The molecule has 1 saturated heterocycles. The van der Waals surface area contributed by atoms with Gasteiger partial charge in [-0.1, -0.05) is 12.5 Å². The second-order valence-electron chi connectivity index (χ2n) is 5.88. The predicted octanol–water partition coefficient (Wildman–Crippen LogP) is 2.29. The van der Waals surface area contributed by atoms with E-state index >= 15 is 0 Å². The molecule has 2 heterocycles. The molecule has 0 spiro atoms. The molecular formula is C16H21N5O2S. The number of benzene rings is 1. The van der Waals surface area contributed by atoms with Gasteiger partial charge in [-0.25, -0.2) is 13.4 Å². The van der Waals surface area contributed by atoms with Crippen LogP contribution in [0, 0.1) is 6.92 Å². The Morgan fingerprint density at radius 1 is 1.21 bits per heavy atom. The fourth-order valence-electron chi connectivity index (χ4n) is 2.63. The number of hydrogen-bond donors (Lipinski definition) is 2. The molecule has 8 heteroatoms. The lowest BCUT2D eigenvalue weighted by Gasteiger charge is -2.26. The van der Waals surface area contributed by atoms with Gasteiger partial charge in [-0.2, -0.15) is 9.29 Å². The molecule has 3 N–H and O–H groups in total. The van der Waals surface area contributed by atoms with E-state index in [2.05, 4.69) is 15.3 Å². The number of hydrogen-bond acceptors (Lipinski definition) is 6. The quantitative estimate of drug-likeness (QED) is 0.880. The molecule has 1 aromatic carbocycles. The van der Waals surface area contributed by atoms with Gasteiger partial charge in [0.1, 0.15) is 5.82 Å². The first-order valence-corrected chi connectivity index (χ1v) is 9.37. The largest absolute Gasteiger partial charge is 0.383 e. The molecule has 0 unspecified atom stereocenters. The Balaban J connectivity index is 1.84. The van der Waals surface area contributed by atoms with Crippen LogP contribution in [-0.4, -0.2) is 35.8 Å². The van der Waals surface area contributed by atoms with E-state index in [4.69, 9.17) is 5.73 Å². The van der Waals surface area contributed by atoms with E-state index in [9.17, 15) is 8.42 Å². The standard InChI is InChI=1S/C16H21N5O2S/c1-12-11-18-16(20-15(12)17)19-13-6-5-7-14(10-13)24(22,23)21-8-3-2-4-9-21/h5-7,10-11H,2-4,8-9H2,1H3,(H3,17,18,19,20). The Kier molecular flexibility index (Phi) is 4.68. The molecule has 1 aliphatic rings. The Labute approximate surface area is 142 Å². The predicted molar refractivity (Wildman–Crippen MR) is 93.5 cm³/mol. The van der Waals surface area contributed by atoms with E-state index in [1.165, 1.54) is 0 Å². The summed E-state index contributed by atoms with van der Waals surface area (Å²) in [4.78, 5) is 8.57. The Morgan fingerprint density at radius 3 is 2.67 bits per heavy atom. The van der Waals surface area contributed by atoms with E-state index in [1.807, 2.05) is 6.92 Å². The summed E-state index contributed by atoms with van der Waals surface area (Å²) in [6.07, 6.45) is 4.53. The lowest BCUT2D eigenvalue weighted by atomic mass is 10.2. The van der Waals surface area contributed by atoms with Crippen LogP contribution in [0.5, 0.6) is 0 Å². The minimum atomic E-state index is -3.46. The lowest BCUT2D eigenvalue weighted by Crippen LogP contribution is -2.35. The number of aromatic nitrogens is 2. The maximum absolute atomic E-state index is 12.7. The van der Waals surface area contributed by atoms with Crippen LogP contribution in [-0.2, 0) is 10.0 Å². The lowest BCUT2D eigenvalue weighted by molar-refractivity contribution is 0.346. The third-order valence-electron chi connectivity index (χ3n) is 4.05. The molecule has 0 bridgehead atoms. The van der Waals surface area contributed by atoms with E-state index in [0.29, 0.717) is 30.5 Å². The average molecular weight is 347 g/mol. The van der Waals surface area contributed by atoms with E-state index < -0.39 is 10.0 Å². The molecule has 1 aliphatic heterocycles. The van der Waals surface area contributed by atoms with Crippen LogP contribution in [0.4, 0.5) is 17.5 Å². The van der Waals surface area contributed by atoms with Gasteiger partial charge in [-0.15, -0.1) is 0 Å². The summed E-state index contributed by atoms with van der Waals surface area (Å²) in [5.74, 6) is 0.732. The van der Waals surface area contributed by atoms with Gasteiger partial charge < -0.3 is 11.1 Å². The zero-order chi connectivity index (χ0) is 17.2. The highest BCUT2D eigenvalue weighted by Crippen LogP contribution is 2.24. The molecule has 1 fully saturated rings. The molecule has 7 nitrogen and oxygen atoms in total. The minimum absolute atomic E-state index is 0.273. The molecule has 0 saturated carbocycles. The zero-order valence-electron chi connectivity index (χ0n) is 13.6. The SMILES string of the molecule is Cc1cnc(Nc2cccc(S(=O)(=O)N3CCCCC3)c2)nc1N. The van der Waals surface area contributed by atoms with Gasteiger partial charge in [0.25, 0.3) is 0 Å². The van der Waals surface area contributed by atoms with Crippen molar-refractivity contribution in [3.63, 3.8) is 0 Å². The summed E-state index contributed by atoms with van der Waals surface area (Å²) < 4.78 is 27.0. The summed E-state index contributed by atoms with van der Waals surface area (Å²) in [6, 6.07) is 6.69. The van der Waals surface area contributed by atoms with Gasteiger partial charge in [0.05, 0.1) is 4.90 Å². The zero-order valence-corrected chi connectivity index (χ0v) is 14.4. The summed E-state index contributed by atoms with van der Waals surface area (Å²) in [5.41, 5.74) is 7.18. The first-order chi connectivity index (χ1) is 11.5. The molecule has 3 rings (SSSR count). The second-order valence-corrected chi connectivity index (χ2v) is 7.82. The van der Waals surface area contributed by atoms with Gasteiger partial charge in [-0.3, -0.25) is 0 Å². The summed E-state index contributed by atoms with van der Waals surface area (Å²) in [7, 11) is -3.46. The van der Waals surface area contributed by atoms with Gasteiger partial charge in [0.15, 0.2) is 0 Å². The Bertz CT molecular complexity index is 832.